The maximum Gasteiger partial charge on any atom is 0.237 e. The van der Waals surface area contributed by atoms with E-state index in [4.69, 9.17) is 0 Å². The summed E-state index contributed by atoms with van der Waals surface area (Å²) in [6.07, 6.45) is 4.26. The summed E-state index contributed by atoms with van der Waals surface area (Å²) in [5.41, 5.74) is 4.58. The van der Waals surface area contributed by atoms with Crippen molar-refractivity contribution >= 4 is 16.8 Å². The third kappa shape index (κ3) is 2.47. The number of aromatic amines is 1. The van der Waals surface area contributed by atoms with Gasteiger partial charge in [0.2, 0.25) is 5.91 Å². The van der Waals surface area contributed by atoms with E-state index in [1.54, 1.807) is 12.4 Å². The first-order valence-corrected chi connectivity index (χ1v) is 8.31. The van der Waals surface area contributed by atoms with Gasteiger partial charge in [-0.15, -0.1) is 0 Å². The number of nitrogens with one attached hydrogen (secondary N) is 3. The van der Waals surface area contributed by atoms with Gasteiger partial charge in [-0.3, -0.25) is 15.1 Å². The number of likely N-dealkylation sites (N-methyl/N-ethyl adjacent to an activating group) is 1. The van der Waals surface area contributed by atoms with Gasteiger partial charge < -0.3 is 10.3 Å². The molecular weight excluding hydrogens is 300 g/mol. The number of hydrogen-bond acceptors (Lipinski definition) is 3. The normalized spacial score (nSPS) is 19.9. The second kappa shape index (κ2) is 6.09. The van der Waals surface area contributed by atoms with Crippen molar-refractivity contribution < 1.29 is 4.79 Å². The molecule has 0 spiro atoms. The van der Waals surface area contributed by atoms with Crippen molar-refractivity contribution in [2.24, 2.45) is 0 Å². The van der Waals surface area contributed by atoms with Crippen LogP contribution in [-0.4, -0.2) is 28.5 Å². The molecule has 24 heavy (non-hydrogen) atoms. The number of fused-ring (bicyclic) bond motifs is 3. The summed E-state index contributed by atoms with van der Waals surface area (Å²) in [4.78, 5) is 20.1. The van der Waals surface area contributed by atoms with E-state index < -0.39 is 0 Å². The monoisotopic (exact) mass is 320 g/mol. The molecule has 4 rings (SSSR count). The second-order valence-corrected chi connectivity index (χ2v) is 6.09. The number of amides is 1. The topological polar surface area (TPSA) is 69.8 Å². The van der Waals surface area contributed by atoms with Crippen molar-refractivity contribution in [3.8, 4) is 0 Å². The fraction of sp³-hybridized carbons (Fsp3) is 0.263. The lowest BCUT2D eigenvalue weighted by molar-refractivity contribution is -0.123. The quantitative estimate of drug-likeness (QED) is 0.693. The smallest absolute Gasteiger partial charge is 0.237 e. The minimum absolute atomic E-state index is 0.0447. The molecule has 1 aliphatic rings. The summed E-state index contributed by atoms with van der Waals surface area (Å²) >= 11 is 0. The molecule has 0 fully saturated rings. The lowest BCUT2D eigenvalue weighted by Gasteiger charge is -2.31. The minimum Gasteiger partial charge on any atom is -0.357 e. The van der Waals surface area contributed by atoms with Gasteiger partial charge in [0.1, 0.15) is 0 Å². The first kappa shape index (κ1) is 14.9. The van der Waals surface area contributed by atoms with Gasteiger partial charge in [-0.1, -0.05) is 18.2 Å². The van der Waals surface area contributed by atoms with Crippen molar-refractivity contribution in [3.05, 3.63) is 65.6 Å². The number of H-pyrrole nitrogens is 1. The molecule has 2 aromatic heterocycles. The molecule has 2 atom stereocenters. The SMILES string of the molecule is CCNC(=O)[C@@H]1Cc2c([nH]c3ccccc23)C(c2ccncc2)N1. The fourth-order valence-corrected chi connectivity index (χ4v) is 3.52. The molecule has 0 bridgehead atoms. The molecule has 3 heterocycles. The largest absolute Gasteiger partial charge is 0.357 e. The van der Waals surface area contributed by atoms with Crippen molar-refractivity contribution in [1.29, 1.82) is 0 Å². The number of carbonyl (C=O) groups is 1. The molecule has 0 saturated heterocycles. The Morgan fingerprint density at radius 2 is 2.04 bits per heavy atom. The Morgan fingerprint density at radius 1 is 1.25 bits per heavy atom. The van der Waals surface area contributed by atoms with Crippen LogP contribution in [0.25, 0.3) is 10.9 Å². The Morgan fingerprint density at radius 3 is 2.83 bits per heavy atom. The van der Waals surface area contributed by atoms with Crippen LogP contribution in [0.1, 0.15) is 29.8 Å². The Bertz CT molecular complexity index is 871. The number of carbonyl (C=O) groups excluding carboxylic acids is 1. The van der Waals surface area contributed by atoms with Gasteiger partial charge in [0.05, 0.1) is 12.1 Å². The molecule has 1 aromatic carbocycles. The summed E-state index contributed by atoms with van der Waals surface area (Å²) in [7, 11) is 0. The third-order valence-electron chi connectivity index (χ3n) is 4.62. The van der Waals surface area contributed by atoms with Gasteiger partial charge >= 0.3 is 0 Å². The van der Waals surface area contributed by atoms with Crippen LogP contribution in [0.5, 0.6) is 0 Å². The van der Waals surface area contributed by atoms with E-state index in [1.807, 2.05) is 31.2 Å². The Hall–Kier alpha value is -2.66. The van der Waals surface area contributed by atoms with Gasteiger partial charge in [-0.25, -0.2) is 0 Å². The van der Waals surface area contributed by atoms with Crippen LogP contribution in [0.15, 0.2) is 48.8 Å². The first-order valence-electron chi connectivity index (χ1n) is 8.31. The zero-order valence-electron chi connectivity index (χ0n) is 13.5. The highest BCUT2D eigenvalue weighted by Crippen LogP contribution is 2.34. The molecule has 1 aliphatic heterocycles. The highest BCUT2D eigenvalue weighted by Gasteiger charge is 2.33. The molecular formula is C19H20N4O. The molecule has 3 N–H and O–H groups in total. The lowest BCUT2D eigenvalue weighted by Crippen LogP contribution is -2.49. The standard InChI is InChI=1S/C19H20N4O/c1-2-21-19(24)16-11-14-13-5-3-4-6-15(13)22-18(14)17(23-16)12-7-9-20-10-8-12/h3-10,16-17,22-23H,2,11H2,1H3,(H,21,24)/t16-,17?/m0/s1. The predicted molar refractivity (Wildman–Crippen MR) is 93.7 cm³/mol. The van der Waals surface area contributed by atoms with Crippen molar-refractivity contribution in [1.82, 2.24) is 20.6 Å². The molecule has 0 radical (unpaired) electrons. The predicted octanol–water partition coefficient (Wildman–Crippen LogP) is 2.30. The zero-order valence-corrected chi connectivity index (χ0v) is 13.5. The van der Waals surface area contributed by atoms with E-state index in [9.17, 15) is 4.79 Å². The van der Waals surface area contributed by atoms with E-state index >= 15 is 0 Å². The molecule has 0 aliphatic carbocycles. The summed E-state index contributed by atoms with van der Waals surface area (Å²) in [6, 6.07) is 12.0. The first-order chi connectivity index (χ1) is 11.8. The van der Waals surface area contributed by atoms with Crippen LogP contribution in [0.3, 0.4) is 0 Å². The summed E-state index contributed by atoms with van der Waals surface area (Å²) in [6.45, 7) is 2.58. The van der Waals surface area contributed by atoms with Crippen LogP contribution >= 0.6 is 0 Å². The molecule has 5 nitrogen and oxygen atoms in total. The summed E-state index contributed by atoms with van der Waals surface area (Å²) in [5, 5.41) is 7.63. The average Bonchev–Trinajstić information content (AvgIpc) is 3.00. The lowest BCUT2D eigenvalue weighted by atomic mass is 9.90. The fourth-order valence-electron chi connectivity index (χ4n) is 3.52. The molecule has 1 unspecified atom stereocenters. The van der Waals surface area contributed by atoms with Crippen LogP contribution in [-0.2, 0) is 11.2 Å². The number of nitrogens with zero attached hydrogens (tertiary/aromatic N) is 1. The molecule has 0 saturated carbocycles. The minimum atomic E-state index is -0.241. The van der Waals surface area contributed by atoms with Gasteiger partial charge in [-0.05, 0) is 42.7 Å². The zero-order chi connectivity index (χ0) is 16.5. The summed E-state index contributed by atoms with van der Waals surface area (Å²) in [5.74, 6) is 0.0486. The number of benzene rings is 1. The average molecular weight is 320 g/mol. The van der Waals surface area contributed by atoms with Gasteiger partial charge in [0.25, 0.3) is 0 Å². The van der Waals surface area contributed by atoms with Crippen LogP contribution in [0, 0.1) is 0 Å². The number of rotatable bonds is 3. The molecule has 3 aromatic rings. The van der Waals surface area contributed by atoms with E-state index in [-0.39, 0.29) is 18.0 Å². The Kier molecular flexibility index (Phi) is 3.78. The van der Waals surface area contributed by atoms with Crippen LogP contribution in [0.2, 0.25) is 0 Å². The Balaban J connectivity index is 1.83. The van der Waals surface area contributed by atoms with Crippen LogP contribution in [0.4, 0.5) is 0 Å². The number of aromatic nitrogens is 2. The highest BCUT2D eigenvalue weighted by molar-refractivity contribution is 5.88. The van der Waals surface area contributed by atoms with Crippen molar-refractivity contribution in [2.45, 2.75) is 25.4 Å². The second-order valence-electron chi connectivity index (χ2n) is 6.09. The van der Waals surface area contributed by atoms with Gasteiger partial charge in [0.15, 0.2) is 0 Å². The number of hydrogen-bond donors (Lipinski definition) is 3. The molecule has 122 valence electrons. The maximum atomic E-state index is 12.4. The molecule has 1 amide bonds. The van der Waals surface area contributed by atoms with E-state index in [0.717, 1.165) is 16.8 Å². The molecule has 5 heteroatoms. The van der Waals surface area contributed by atoms with Crippen molar-refractivity contribution in [2.75, 3.05) is 6.54 Å². The Labute approximate surface area is 140 Å². The highest BCUT2D eigenvalue weighted by atomic mass is 16.2. The van der Waals surface area contributed by atoms with Crippen molar-refractivity contribution in [3.63, 3.8) is 0 Å². The maximum absolute atomic E-state index is 12.4. The number of para-hydroxylation sites is 1. The van der Waals surface area contributed by atoms with Gasteiger partial charge in [-0.2, -0.15) is 0 Å². The van der Waals surface area contributed by atoms with E-state index in [0.29, 0.717) is 13.0 Å². The van der Waals surface area contributed by atoms with E-state index in [1.165, 1.54) is 10.9 Å². The number of pyridine rings is 1. The summed E-state index contributed by atoms with van der Waals surface area (Å²) < 4.78 is 0. The third-order valence-corrected chi connectivity index (χ3v) is 4.62. The van der Waals surface area contributed by atoms with E-state index in [2.05, 4.69) is 32.7 Å². The van der Waals surface area contributed by atoms with Crippen LogP contribution < -0.4 is 10.6 Å². The van der Waals surface area contributed by atoms with Gasteiger partial charge in [0, 0.05) is 35.5 Å².